The van der Waals surface area contributed by atoms with Crippen LogP contribution in [0, 0.1) is 0 Å². The van der Waals surface area contributed by atoms with Crippen LogP contribution in [0.15, 0.2) is 83.7 Å². The van der Waals surface area contributed by atoms with Gasteiger partial charge < -0.3 is 16.0 Å². The number of halogens is 3. The summed E-state index contributed by atoms with van der Waals surface area (Å²) in [5.74, 6) is -1.29. The maximum absolute atomic E-state index is 13.1. The average Bonchev–Trinajstić information content (AvgIpc) is 3.34. The summed E-state index contributed by atoms with van der Waals surface area (Å²) in [6, 6.07) is 18.7. The van der Waals surface area contributed by atoms with Crippen molar-refractivity contribution in [3.05, 3.63) is 94.8 Å². The van der Waals surface area contributed by atoms with Gasteiger partial charge in [-0.1, -0.05) is 42.5 Å². The van der Waals surface area contributed by atoms with Crippen LogP contribution in [-0.2, 0) is 22.3 Å². The number of hydrogen-bond donors (Lipinski definition) is 2. The van der Waals surface area contributed by atoms with Crippen LogP contribution in [0.1, 0.15) is 18.0 Å². The third-order valence-corrected chi connectivity index (χ3v) is 6.37. The minimum atomic E-state index is -4.57. The van der Waals surface area contributed by atoms with Gasteiger partial charge in [-0.2, -0.15) is 18.3 Å². The number of carbonyl (C=O) groups is 2. The highest BCUT2D eigenvalue weighted by Gasteiger charge is 2.30. The second-order valence-electron chi connectivity index (χ2n) is 9.70. The van der Waals surface area contributed by atoms with Crippen molar-refractivity contribution in [2.75, 3.05) is 26.0 Å². The summed E-state index contributed by atoms with van der Waals surface area (Å²) in [7, 11) is 3.75. The number of benzene rings is 2. The lowest BCUT2D eigenvalue weighted by Crippen LogP contribution is -2.31. The standard InChI is InChI=1S/C29H29F3N6O3/c1-36(2)15-14-24(28(33)41)38-25(19-8-4-3-5-9-19)17-22(35-38)23-12-7-13-27(40)37(23)18-26(39)34-21-11-6-10-20(16-21)29(30,31)32/h3-13,16-17,24H,14-15,18H2,1-2H3,(H2,33,41)(H,34,39). The number of carbonyl (C=O) groups excluding carboxylic acids is 2. The Morgan fingerprint density at radius 1 is 0.976 bits per heavy atom. The van der Waals surface area contributed by atoms with E-state index >= 15 is 0 Å². The Labute approximate surface area is 234 Å². The molecule has 0 aliphatic heterocycles. The summed E-state index contributed by atoms with van der Waals surface area (Å²) >= 11 is 0. The number of nitrogens with one attached hydrogen (secondary N) is 1. The van der Waals surface area contributed by atoms with E-state index in [9.17, 15) is 27.6 Å². The largest absolute Gasteiger partial charge is 0.416 e. The zero-order chi connectivity index (χ0) is 29.7. The predicted octanol–water partition coefficient (Wildman–Crippen LogP) is 4.01. The molecule has 4 aromatic rings. The normalized spacial score (nSPS) is 12.3. The van der Waals surface area contributed by atoms with Crippen LogP contribution in [0.3, 0.4) is 0 Å². The van der Waals surface area contributed by atoms with E-state index in [-0.39, 0.29) is 11.4 Å². The Balaban J connectivity index is 1.73. The molecule has 4 rings (SSSR count). The summed E-state index contributed by atoms with van der Waals surface area (Å²) in [6.07, 6.45) is -4.20. The molecule has 0 saturated heterocycles. The number of aromatic nitrogens is 3. The summed E-state index contributed by atoms with van der Waals surface area (Å²) in [4.78, 5) is 40.2. The molecular weight excluding hydrogens is 537 g/mol. The lowest BCUT2D eigenvalue weighted by atomic mass is 10.1. The van der Waals surface area contributed by atoms with Crippen molar-refractivity contribution in [1.82, 2.24) is 19.2 Å². The van der Waals surface area contributed by atoms with Crippen molar-refractivity contribution < 1.29 is 22.8 Å². The van der Waals surface area contributed by atoms with Gasteiger partial charge in [0.05, 0.1) is 17.0 Å². The first-order valence-corrected chi connectivity index (χ1v) is 12.7. The van der Waals surface area contributed by atoms with Crippen molar-refractivity contribution in [3.63, 3.8) is 0 Å². The van der Waals surface area contributed by atoms with Gasteiger partial charge in [-0.3, -0.25) is 23.6 Å². The Morgan fingerprint density at radius 3 is 2.34 bits per heavy atom. The van der Waals surface area contributed by atoms with Crippen molar-refractivity contribution >= 4 is 17.5 Å². The van der Waals surface area contributed by atoms with E-state index in [1.807, 2.05) is 49.3 Å². The Hall–Kier alpha value is -4.71. The molecule has 0 spiro atoms. The third-order valence-electron chi connectivity index (χ3n) is 6.37. The SMILES string of the molecule is CN(C)CCC(C(N)=O)n1nc(-c2cccc(=O)n2CC(=O)Nc2cccc(C(F)(F)F)c2)cc1-c1ccccc1. The van der Waals surface area contributed by atoms with Gasteiger partial charge in [0.1, 0.15) is 18.3 Å². The number of hydrogen-bond acceptors (Lipinski definition) is 5. The van der Waals surface area contributed by atoms with Gasteiger partial charge in [-0.15, -0.1) is 0 Å². The van der Waals surface area contributed by atoms with Gasteiger partial charge in [0.15, 0.2) is 0 Å². The van der Waals surface area contributed by atoms with Crippen molar-refractivity contribution in [2.24, 2.45) is 5.73 Å². The maximum Gasteiger partial charge on any atom is 0.416 e. The van der Waals surface area contributed by atoms with Gasteiger partial charge in [-0.05, 0) is 56.4 Å². The zero-order valence-corrected chi connectivity index (χ0v) is 22.4. The first-order chi connectivity index (χ1) is 19.4. The molecule has 0 radical (unpaired) electrons. The molecule has 2 amide bonds. The molecule has 2 heterocycles. The molecule has 0 aliphatic rings. The predicted molar refractivity (Wildman–Crippen MR) is 149 cm³/mol. The van der Waals surface area contributed by atoms with Crippen LogP contribution < -0.4 is 16.6 Å². The number of amides is 2. The second kappa shape index (κ2) is 12.2. The molecular formula is C29H29F3N6O3. The summed E-state index contributed by atoms with van der Waals surface area (Å²) in [5.41, 5.74) is 6.23. The Morgan fingerprint density at radius 2 is 1.68 bits per heavy atom. The minimum Gasteiger partial charge on any atom is -0.368 e. The van der Waals surface area contributed by atoms with Crippen LogP contribution in [0.5, 0.6) is 0 Å². The van der Waals surface area contributed by atoms with Crippen LogP contribution in [0.25, 0.3) is 22.6 Å². The molecule has 41 heavy (non-hydrogen) atoms. The summed E-state index contributed by atoms with van der Waals surface area (Å²) in [6.45, 7) is 0.0709. The molecule has 1 unspecified atom stereocenters. The second-order valence-corrected chi connectivity index (χ2v) is 9.70. The molecule has 0 fully saturated rings. The summed E-state index contributed by atoms with van der Waals surface area (Å²) in [5, 5.41) is 7.09. The highest BCUT2D eigenvalue weighted by molar-refractivity contribution is 5.91. The highest BCUT2D eigenvalue weighted by atomic mass is 19.4. The van der Waals surface area contributed by atoms with Crippen LogP contribution in [0.2, 0.25) is 0 Å². The van der Waals surface area contributed by atoms with E-state index < -0.39 is 41.7 Å². The quantitative estimate of drug-likeness (QED) is 0.301. The van der Waals surface area contributed by atoms with Crippen molar-refractivity contribution in [1.29, 1.82) is 0 Å². The molecule has 0 bridgehead atoms. The smallest absolute Gasteiger partial charge is 0.368 e. The highest BCUT2D eigenvalue weighted by Crippen LogP contribution is 2.31. The average molecular weight is 567 g/mol. The molecule has 9 nitrogen and oxygen atoms in total. The van der Waals surface area contributed by atoms with Crippen molar-refractivity contribution in [2.45, 2.75) is 25.2 Å². The Bertz CT molecular complexity index is 1600. The topological polar surface area (TPSA) is 115 Å². The molecule has 214 valence electrons. The first kappa shape index (κ1) is 29.3. The van der Waals surface area contributed by atoms with Crippen molar-refractivity contribution in [3.8, 4) is 22.6 Å². The van der Waals surface area contributed by atoms with Gasteiger partial charge in [-0.25, -0.2) is 0 Å². The number of primary amides is 1. The third kappa shape index (κ3) is 7.09. The molecule has 3 N–H and O–H groups in total. The number of nitrogens with two attached hydrogens (primary N) is 1. The first-order valence-electron chi connectivity index (χ1n) is 12.7. The van der Waals surface area contributed by atoms with Crippen LogP contribution in [0.4, 0.5) is 18.9 Å². The maximum atomic E-state index is 13.1. The monoisotopic (exact) mass is 566 g/mol. The number of alkyl halides is 3. The van der Waals surface area contributed by atoms with Crippen LogP contribution in [-0.4, -0.2) is 51.7 Å². The molecule has 2 aromatic carbocycles. The van der Waals surface area contributed by atoms with Crippen LogP contribution >= 0.6 is 0 Å². The Kier molecular flexibility index (Phi) is 8.72. The van der Waals surface area contributed by atoms with Gasteiger partial charge in [0, 0.05) is 18.3 Å². The molecule has 0 saturated carbocycles. The fourth-order valence-corrected chi connectivity index (χ4v) is 4.37. The molecule has 12 heteroatoms. The summed E-state index contributed by atoms with van der Waals surface area (Å²) < 4.78 is 42.0. The van der Waals surface area contributed by atoms with E-state index in [0.717, 1.165) is 17.7 Å². The van der Waals surface area contributed by atoms with E-state index in [2.05, 4.69) is 10.4 Å². The lowest BCUT2D eigenvalue weighted by Gasteiger charge is -2.19. The fraction of sp³-hybridized carbons (Fsp3) is 0.241. The fourth-order valence-electron chi connectivity index (χ4n) is 4.37. The van der Waals surface area contributed by atoms with E-state index in [1.54, 1.807) is 12.1 Å². The van der Waals surface area contributed by atoms with E-state index in [0.29, 0.717) is 24.4 Å². The number of pyridine rings is 1. The molecule has 0 aliphatic carbocycles. The van der Waals surface area contributed by atoms with E-state index in [1.165, 1.54) is 33.5 Å². The van der Waals surface area contributed by atoms with E-state index in [4.69, 9.17) is 5.73 Å². The zero-order valence-electron chi connectivity index (χ0n) is 22.4. The van der Waals surface area contributed by atoms with Gasteiger partial charge in [0.2, 0.25) is 11.8 Å². The van der Waals surface area contributed by atoms with Gasteiger partial charge >= 0.3 is 6.18 Å². The molecule has 2 aromatic heterocycles. The minimum absolute atomic E-state index is 0.0591. The van der Waals surface area contributed by atoms with Gasteiger partial charge in [0.25, 0.3) is 5.56 Å². The number of anilines is 1. The molecule has 1 atom stereocenters. The lowest BCUT2D eigenvalue weighted by molar-refractivity contribution is -0.137. The number of nitrogens with zero attached hydrogens (tertiary/aromatic N) is 4. The number of rotatable bonds is 10.